The smallest absolute Gasteiger partial charge is 0.475 e. The number of nitrogens with two attached hydrogens (primary N) is 2. The molecule has 0 heterocycles. The van der Waals surface area contributed by atoms with Crippen LogP contribution in [0.15, 0.2) is 64.5 Å². The molecular weight excluding hydrogens is 401 g/mol. The van der Waals surface area contributed by atoms with Crippen molar-refractivity contribution in [3.63, 3.8) is 0 Å². The zero-order valence-electron chi connectivity index (χ0n) is 14.2. The number of carbonyl (C=O) groups is 1. The van der Waals surface area contributed by atoms with Crippen LogP contribution in [0.2, 0.25) is 0 Å². The Labute approximate surface area is 158 Å². The number of aliphatic imine (C=N–C) groups is 1. The molecule has 2 aromatic carbocycles. The number of guanidine groups is 1. The molecule has 0 aliphatic heterocycles. The summed E-state index contributed by atoms with van der Waals surface area (Å²) < 4.78 is 58.4. The SMILES string of the molecule is NC(N)=Nc1ccc(CNS(=O)(=O)c2ccccc2)cc1.O=C(O)C(F)(F)F. The van der Waals surface area contributed by atoms with Gasteiger partial charge in [0.05, 0.1) is 10.6 Å². The van der Waals surface area contributed by atoms with E-state index in [9.17, 15) is 21.6 Å². The summed E-state index contributed by atoms with van der Waals surface area (Å²) >= 11 is 0. The second-order valence-corrected chi connectivity index (χ2v) is 6.91. The second kappa shape index (κ2) is 9.71. The van der Waals surface area contributed by atoms with E-state index in [4.69, 9.17) is 21.4 Å². The molecule has 0 saturated heterocycles. The number of benzene rings is 2. The van der Waals surface area contributed by atoms with Crippen molar-refractivity contribution in [3.8, 4) is 0 Å². The van der Waals surface area contributed by atoms with Crippen LogP contribution in [-0.2, 0) is 21.4 Å². The molecule has 2 aromatic rings. The minimum absolute atomic E-state index is 0.0208. The molecule has 6 N–H and O–H groups in total. The van der Waals surface area contributed by atoms with Crippen molar-refractivity contribution in [1.29, 1.82) is 0 Å². The quantitative estimate of drug-likeness (QED) is 0.429. The highest BCUT2D eigenvalue weighted by Gasteiger charge is 2.38. The van der Waals surface area contributed by atoms with Crippen LogP contribution >= 0.6 is 0 Å². The molecule has 28 heavy (non-hydrogen) atoms. The standard InChI is InChI=1S/C14H16N4O2S.C2HF3O2/c15-14(16)18-12-8-6-11(7-9-12)10-17-21(19,20)13-4-2-1-3-5-13;3-2(4,5)1(6)7/h1-9,17H,10H2,(H4,15,16,18);(H,6,7). The summed E-state index contributed by atoms with van der Waals surface area (Å²) in [4.78, 5) is 13.0. The molecule has 0 spiro atoms. The monoisotopic (exact) mass is 418 g/mol. The van der Waals surface area contributed by atoms with Crippen molar-refractivity contribution in [3.05, 3.63) is 60.2 Å². The molecule has 0 saturated carbocycles. The predicted molar refractivity (Wildman–Crippen MR) is 96.1 cm³/mol. The van der Waals surface area contributed by atoms with Gasteiger partial charge in [0.15, 0.2) is 5.96 Å². The molecule has 0 aliphatic rings. The van der Waals surface area contributed by atoms with Gasteiger partial charge in [-0.3, -0.25) is 0 Å². The average Bonchev–Trinajstić information content (AvgIpc) is 2.61. The summed E-state index contributed by atoms with van der Waals surface area (Å²) in [6, 6.07) is 15.2. The Balaban J connectivity index is 0.000000480. The third-order valence-corrected chi connectivity index (χ3v) is 4.37. The van der Waals surface area contributed by atoms with Gasteiger partial charge in [-0.05, 0) is 29.8 Å². The van der Waals surface area contributed by atoms with Crippen LogP contribution in [0.3, 0.4) is 0 Å². The van der Waals surface area contributed by atoms with Crippen LogP contribution in [-0.4, -0.2) is 31.6 Å². The van der Waals surface area contributed by atoms with E-state index in [-0.39, 0.29) is 17.4 Å². The zero-order chi connectivity index (χ0) is 21.4. The average molecular weight is 418 g/mol. The van der Waals surface area contributed by atoms with E-state index in [1.54, 1.807) is 54.6 Å². The Kier molecular flexibility index (Phi) is 7.95. The molecule has 152 valence electrons. The number of carboxylic acids is 1. The maximum Gasteiger partial charge on any atom is 0.490 e. The third-order valence-electron chi connectivity index (χ3n) is 2.96. The number of nitrogens with one attached hydrogen (secondary N) is 1. The topological polar surface area (TPSA) is 148 Å². The van der Waals surface area contributed by atoms with Crippen LogP contribution in [0, 0.1) is 0 Å². The molecule has 0 radical (unpaired) electrons. The molecule has 0 fully saturated rings. The first kappa shape index (κ1) is 22.9. The first-order valence-corrected chi connectivity index (χ1v) is 8.93. The van der Waals surface area contributed by atoms with Crippen molar-refractivity contribution in [2.75, 3.05) is 0 Å². The Morgan fingerprint density at radius 3 is 1.96 bits per heavy atom. The summed E-state index contributed by atoms with van der Waals surface area (Å²) in [6.07, 6.45) is -5.08. The van der Waals surface area contributed by atoms with Gasteiger partial charge in [-0.1, -0.05) is 30.3 Å². The summed E-state index contributed by atoms with van der Waals surface area (Å²) in [5.41, 5.74) is 12.0. The van der Waals surface area contributed by atoms with Gasteiger partial charge in [-0.25, -0.2) is 22.9 Å². The summed E-state index contributed by atoms with van der Waals surface area (Å²) in [7, 11) is -3.51. The number of nitrogens with zero attached hydrogens (tertiary/aromatic N) is 1. The van der Waals surface area contributed by atoms with Gasteiger partial charge >= 0.3 is 12.1 Å². The number of carboxylic acid groups (broad SMARTS) is 1. The number of halogens is 3. The highest BCUT2D eigenvalue weighted by Crippen LogP contribution is 2.14. The molecule has 2 rings (SSSR count). The summed E-state index contributed by atoms with van der Waals surface area (Å²) in [5.74, 6) is -2.78. The summed E-state index contributed by atoms with van der Waals surface area (Å²) in [6.45, 7) is 0.194. The van der Waals surface area contributed by atoms with Gasteiger partial charge in [-0.15, -0.1) is 0 Å². The Bertz CT molecular complexity index is 911. The number of aliphatic carboxylic acids is 1. The predicted octanol–water partition coefficient (Wildman–Crippen LogP) is 1.70. The van der Waals surface area contributed by atoms with E-state index in [0.29, 0.717) is 5.69 Å². The van der Waals surface area contributed by atoms with E-state index in [1.807, 2.05) is 0 Å². The fourth-order valence-electron chi connectivity index (χ4n) is 1.70. The highest BCUT2D eigenvalue weighted by molar-refractivity contribution is 7.89. The Morgan fingerprint density at radius 1 is 1.04 bits per heavy atom. The van der Waals surface area contributed by atoms with Crippen molar-refractivity contribution in [2.24, 2.45) is 16.5 Å². The third kappa shape index (κ3) is 8.05. The Morgan fingerprint density at radius 2 is 1.54 bits per heavy atom. The van der Waals surface area contributed by atoms with E-state index in [1.165, 1.54) is 0 Å². The second-order valence-electron chi connectivity index (χ2n) is 5.14. The fourth-order valence-corrected chi connectivity index (χ4v) is 2.74. The van der Waals surface area contributed by atoms with Crippen LogP contribution in [0.5, 0.6) is 0 Å². The number of alkyl halides is 3. The fraction of sp³-hybridized carbons (Fsp3) is 0.125. The normalized spacial score (nSPS) is 11.1. The van der Waals surface area contributed by atoms with Gasteiger partial charge in [0.2, 0.25) is 10.0 Å². The molecular formula is C16H17F3N4O4S. The molecule has 8 nitrogen and oxygen atoms in total. The van der Waals surface area contributed by atoms with E-state index in [0.717, 1.165) is 5.56 Å². The molecule has 0 aromatic heterocycles. The molecule has 0 atom stereocenters. The van der Waals surface area contributed by atoms with E-state index < -0.39 is 22.2 Å². The van der Waals surface area contributed by atoms with Gasteiger partial charge in [0.25, 0.3) is 0 Å². The van der Waals surface area contributed by atoms with Crippen LogP contribution in [0.1, 0.15) is 5.56 Å². The van der Waals surface area contributed by atoms with Gasteiger partial charge in [0.1, 0.15) is 0 Å². The maximum absolute atomic E-state index is 12.1. The largest absolute Gasteiger partial charge is 0.490 e. The maximum atomic E-state index is 12.1. The lowest BCUT2D eigenvalue weighted by Crippen LogP contribution is -2.23. The van der Waals surface area contributed by atoms with E-state index >= 15 is 0 Å². The van der Waals surface area contributed by atoms with Crippen LogP contribution in [0.25, 0.3) is 0 Å². The summed E-state index contributed by atoms with van der Waals surface area (Å²) in [5, 5.41) is 7.12. The van der Waals surface area contributed by atoms with Crippen molar-refractivity contribution < 1.29 is 31.5 Å². The number of hydrogen-bond donors (Lipinski definition) is 4. The zero-order valence-corrected chi connectivity index (χ0v) is 15.0. The highest BCUT2D eigenvalue weighted by atomic mass is 32.2. The first-order valence-electron chi connectivity index (χ1n) is 7.45. The first-order chi connectivity index (χ1) is 12.9. The number of hydrogen-bond acceptors (Lipinski definition) is 4. The minimum Gasteiger partial charge on any atom is -0.475 e. The molecule has 0 bridgehead atoms. The lowest BCUT2D eigenvalue weighted by molar-refractivity contribution is -0.192. The number of rotatable bonds is 5. The molecule has 0 aliphatic carbocycles. The van der Waals surface area contributed by atoms with Crippen molar-refractivity contribution >= 4 is 27.6 Å². The van der Waals surface area contributed by atoms with Gasteiger partial charge in [-0.2, -0.15) is 13.2 Å². The number of sulfonamides is 1. The van der Waals surface area contributed by atoms with Crippen LogP contribution in [0.4, 0.5) is 18.9 Å². The lowest BCUT2D eigenvalue weighted by atomic mass is 10.2. The van der Waals surface area contributed by atoms with Gasteiger partial charge in [0, 0.05) is 6.54 Å². The molecule has 12 heteroatoms. The van der Waals surface area contributed by atoms with Crippen molar-refractivity contribution in [1.82, 2.24) is 4.72 Å². The van der Waals surface area contributed by atoms with Crippen molar-refractivity contribution in [2.45, 2.75) is 17.6 Å². The van der Waals surface area contributed by atoms with E-state index in [2.05, 4.69) is 9.71 Å². The van der Waals surface area contributed by atoms with Crippen LogP contribution < -0.4 is 16.2 Å². The molecule has 0 unspecified atom stereocenters. The lowest BCUT2D eigenvalue weighted by Gasteiger charge is -2.07. The van der Waals surface area contributed by atoms with Gasteiger partial charge < -0.3 is 16.6 Å². The minimum atomic E-state index is -5.08. The Hall–Kier alpha value is -3.12. The molecule has 0 amide bonds.